The molecule has 0 aliphatic rings. The van der Waals surface area contributed by atoms with Crippen molar-refractivity contribution < 1.29 is 19.4 Å². The van der Waals surface area contributed by atoms with Crippen LogP contribution in [0, 0.1) is 6.92 Å². The predicted octanol–water partition coefficient (Wildman–Crippen LogP) is 2.82. The first kappa shape index (κ1) is 16.0. The van der Waals surface area contributed by atoms with Gasteiger partial charge in [-0.05, 0) is 45.7 Å². The summed E-state index contributed by atoms with van der Waals surface area (Å²) in [5.41, 5.74) is -0.907. The van der Waals surface area contributed by atoms with E-state index in [4.69, 9.17) is 4.74 Å². The van der Waals surface area contributed by atoms with Crippen molar-refractivity contribution in [3.05, 3.63) is 35.4 Å². The summed E-state index contributed by atoms with van der Waals surface area (Å²) in [6.07, 6.45) is -0.759. The van der Waals surface area contributed by atoms with Crippen molar-refractivity contribution in [3.8, 4) is 0 Å². The Balaban J connectivity index is 3.09. The molecule has 1 aromatic rings. The fourth-order valence-electron chi connectivity index (χ4n) is 1.88. The molecular weight excluding hydrogens is 258 g/mol. The average Bonchev–Trinajstić information content (AvgIpc) is 2.26. The van der Waals surface area contributed by atoms with E-state index < -0.39 is 23.2 Å². The lowest BCUT2D eigenvalue weighted by molar-refractivity contribution is -0.144. The zero-order valence-corrected chi connectivity index (χ0v) is 12.5. The molecule has 0 aliphatic carbocycles. The summed E-state index contributed by atoms with van der Waals surface area (Å²) >= 11 is 0. The van der Waals surface area contributed by atoms with Gasteiger partial charge in [0.1, 0.15) is 5.60 Å². The van der Waals surface area contributed by atoms with Crippen molar-refractivity contribution in [2.45, 2.75) is 45.8 Å². The third kappa shape index (κ3) is 3.73. The van der Waals surface area contributed by atoms with Gasteiger partial charge in [0.25, 0.3) is 0 Å². The molecule has 0 aliphatic heterocycles. The molecule has 1 unspecified atom stereocenters. The predicted molar refractivity (Wildman–Crippen MR) is 75.5 cm³/mol. The Morgan fingerprint density at radius 2 is 1.70 bits per heavy atom. The van der Waals surface area contributed by atoms with Crippen molar-refractivity contribution >= 4 is 12.1 Å². The molecule has 0 heterocycles. The van der Waals surface area contributed by atoms with Crippen molar-refractivity contribution in [1.82, 2.24) is 5.32 Å². The van der Waals surface area contributed by atoms with Crippen molar-refractivity contribution in [3.63, 3.8) is 0 Å². The number of benzene rings is 1. The molecule has 1 amide bonds. The van der Waals surface area contributed by atoms with E-state index in [1.807, 2.05) is 6.07 Å². The lowest BCUT2D eigenvalue weighted by Gasteiger charge is -2.29. The second-order valence-electron chi connectivity index (χ2n) is 5.87. The highest BCUT2D eigenvalue weighted by Gasteiger charge is 2.39. The Bertz CT molecular complexity index is 519. The normalized spacial score (nSPS) is 14.2. The largest absolute Gasteiger partial charge is 0.479 e. The fraction of sp³-hybridized carbons (Fsp3) is 0.467. The first-order valence-electron chi connectivity index (χ1n) is 6.37. The highest BCUT2D eigenvalue weighted by molar-refractivity contribution is 5.85. The number of nitrogens with one attached hydrogen (secondary N) is 1. The van der Waals surface area contributed by atoms with Crippen LogP contribution in [0.4, 0.5) is 4.79 Å². The molecule has 5 nitrogen and oxygen atoms in total. The number of aliphatic carboxylic acids is 1. The molecule has 0 fully saturated rings. The average molecular weight is 279 g/mol. The minimum Gasteiger partial charge on any atom is -0.479 e. The van der Waals surface area contributed by atoms with Crippen molar-refractivity contribution in [1.29, 1.82) is 0 Å². The molecule has 110 valence electrons. The molecule has 0 saturated carbocycles. The number of carbonyl (C=O) groups excluding carboxylic acids is 1. The summed E-state index contributed by atoms with van der Waals surface area (Å²) in [5.74, 6) is -1.14. The van der Waals surface area contributed by atoms with Crippen LogP contribution < -0.4 is 5.32 Å². The number of hydrogen-bond acceptors (Lipinski definition) is 3. The molecule has 0 spiro atoms. The number of carbonyl (C=O) groups is 2. The van der Waals surface area contributed by atoms with Gasteiger partial charge in [-0.2, -0.15) is 0 Å². The molecule has 1 atom stereocenters. The number of carboxylic acid groups (broad SMARTS) is 1. The summed E-state index contributed by atoms with van der Waals surface area (Å²) in [5, 5.41) is 11.9. The molecule has 20 heavy (non-hydrogen) atoms. The van der Waals surface area contributed by atoms with Gasteiger partial charge < -0.3 is 15.2 Å². The van der Waals surface area contributed by atoms with Crippen LogP contribution >= 0.6 is 0 Å². The summed E-state index contributed by atoms with van der Waals surface area (Å²) < 4.78 is 5.13. The highest BCUT2D eigenvalue weighted by Crippen LogP contribution is 2.25. The van der Waals surface area contributed by atoms with E-state index in [1.54, 1.807) is 45.9 Å². The van der Waals surface area contributed by atoms with E-state index in [-0.39, 0.29) is 0 Å². The third-order valence-electron chi connectivity index (χ3n) is 2.86. The molecule has 2 N–H and O–H groups in total. The van der Waals surface area contributed by atoms with Gasteiger partial charge in [-0.25, -0.2) is 9.59 Å². The van der Waals surface area contributed by atoms with E-state index in [0.29, 0.717) is 5.56 Å². The summed E-state index contributed by atoms with van der Waals surface area (Å²) in [6, 6.07) is 7.03. The van der Waals surface area contributed by atoms with Gasteiger partial charge in [0.2, 0.25) is 0 Å². The molecule has 0 bridgehead atoms. The van der Waals surface area contributed by atoms with E-state index >= 15 is 0 Å². The van der Waals surface area contributed by atoms with Crippen LogP contribution in [0.1, 0.15) is 38.8 Å². The Morgan fingerprint density at radius 1 is 1.15 bits per heavy atom. The Kier molecular flexibility index (Phi) is 4.43. The zero-order valence-electron chi connectivity index (χ0n) is 12.5. The standard InChI is InChI=1S/C15H21NO4/c1-10-8-6-7-9-11(10)15(5,12(17)18)16-13(19)20-14(2,3)4/h6-9H,1-5H3,(H,16,19)(H,17,18). The number of ether oxygens (including phenoxy) is 1. The maximum absolute atomic E-state index is 11.9. The van der Waals surface area contributed by atoms with Gasteiger partial charge in [-0.3, -0.25) is 0 Å². The van der Waals surface area contributed by atoms with E-state index in [1.165, 1.54) is 6.92 Å². The van der Waals surface area contributed by atoms with E-state index in [0.717, 1.165) is 5.56 Å². The van der Waals surface area contributed by atoms with Gasteiger partial charge in [-0.15, -0.1) is 0 Å². The lowest BCUT2D eigenvalue weighted by Crippen LogP contribution is -2.51. The smallest absolute Gasteiger partial charge is 0.408 e. The van der Waals surface area contributed by atoms with Crippen LogP contribution in [0.3, 0.4) is 0 Å². The highest BCUT2D eigenvalue weighted by atomic mass is 16.6. The number of aryl methyl sites for hydroxylation is 1. The monoisotopic (exact) mass is 279 g/mol. The van der Waals surface area contributed by atoms with Crippen LogP contribution in [0.2, 0.25) is 0 Å². The minimum absolute atomic E-state index is 0.526. The SMILES string of the molecule is Cc1ccccc1C(C)(NC(=O)OC(C)(C)C)C(=O)O. The number of rotatable bonds is 3. The molecule has 0 aromatic heterocycles. The molecule has 0 radical (unpaired) electrons. The third-order valence-corrected chi connectivity index (χ3v) is 2.86. The van der Waals surface area contributed by atoms with Gasteiger partial charge >= 0.3 is 12.1 Å². The van der Waals surface area contributed by atoms with Crippen LogP contribution in [0.25, 0.3) is 0 Å². The lowest BCUT2D eigenvalue weighted by atomic mass is 9.89. The first-order chi connectivity index (χ1) is 9.06. The molecule has 1 rings (SSSR count). The van der Waals surface area contributed by atoms with E-state index in [9.17, 15) is 14.7 Å². The summed E-state index contributed by atoms with van der Waals surface area (Å²) in [4.78, 5) is 23.5. The second kappa shape index (κ2) is 5.53. The summed E-state index contributed by atoms with van der Waals surface area (Å²) in [6.45, 7) is 8.41. The molecule has 1 aromatic carbocycles. The number of amides is 1. The maximum Gasteiger partial charge on any atom is 0.408 e. The van der Waals surface area contributed by atoms with E-state index in [2.05, 4.69) is 5.32 Å². The van der Waals surface area contributed by atoms with Gasteiger partial charge in [0, 0.05) is 0 Å². The number of alkyl carbamates (subject to hydrolysis) is 1. The number of carboxylic acids is 1. The molecule has 5 heteroatoms. The number of hydrogen-bond donors (Lipinski definition) is 2. The topological polar surface area (TPSA) is 75.6 Å². The maximum atomic E-state index is 11.9. The van der Waals surface area contributed by atoms with Gasteiger partial charge in [0.15, 0.2) is 5.54 Å². The molecule has 0 saturated heterocycles. The molecular formula is C15H21NO4. The van der Waals surface area contributed by atoms with Crippen LogP contribution in [0.5, 0.6) is 0 Å². The van der Waals surface area contributed by atoms with Crippen molar-refractivity contribution in [2.75, 3.05) is 0 Å². The Labute approximate surface area is 118 Å². The van der Waals surface area contributed by atoms with Crippen LogP contribution in [0.15, 0.2) is 24.3 Å². The van der Waals surface area contributed by atoms with Gasteiger partial charge in [0.05, 0.1) is 0 Å². The first-order valence-corrected chi connectivity index (χ1v) is 6.37. The Hall–Kier alpha value is -2.04. The minimum atomic E-state index is -1.53. The Morgan fingerprint density at radius 3 is 2.15 bits per heavy atom. The van der Waals surface area contributed by atoms with Crippen LogP contribution in [-0.2, 0) is 15.1 Å². The summed E-state index contributed by atoms with van der Waals surface area (Å²) in [7, 11) is 0. The second-order valence-corrected chi connectivity index (χ2v) is 5.87. The van der Waals surface area contributed by atoms with Gasteiger partial charge in [-0.1, -0.05) is 24.3 Å². The van der Waals surface area contributed by atoms with Crippen LogP contribution in [-0.4, -0.2) is 22.8 Å². The quantitative estimate of drug-likeness (QED) is 0.892. The zero-order chi connectivity index (χ0) is 15.6. The van der Waals surface area contributed by atoms with Crippen molar-refractivity contribution in [2.24, 2.45) is 0 Å². The fourth-order valence-corrected chi connectivity index (χ4v) is 1.88.